The Morgan fingerprint density at radius 2 is 2.46 bits per heavy atom. The molecule has 0 bridgehead atoms. The Morgan fingerprint density at radius 1 is 1.77 bits per heavy atom. The van der Waals surface area contributed by atoms with Crippen LogP contribution in [0.3, 0.4) is 0 Å². The van der Waals surface area contributed by atoms with E-state index in [2.05, 4.69) is 15.3 Å². The molecule has 0 aliphatic carbocycles. The first kappa shape index (κ1) is 11.7. The van der Waals surface area contributed by atoms with E-state index in [1.807, 2.05) is 0 Å². The lowest BCUT2D eigenvalue weighted by Crippen LogP contribution is -2.26. The monoisotopic (exact) mass is 186 g/mol. The van der Waals surface area contributed by atoms with Crippen LogP contribution in [0.1, 0.15) is 19.8 Å². The summed E-state index contributed by atoms with van der Waals surface area (Å²) in [7, 11) is 0. The number of hydrogen-bond acceptors (Lipinski definition) is 3. The topological polar surface area (TPSA) is 98.1 Å². The summed E-state index contributed by atoms with van der Waals surface area (Å²) in [6.45, 7) is 1.96. The molecule has 13 heavy (non-hydrogen) atoms. The Balaban J connectivity index is 3.51. The van der Waals surface area contributed by atoms with Crippen molar-refractivity contribution < 1.29 is 9.90 Å². The number of carbonyl (C=O) groups excluding carboxylic acids is 1. The Labute approximate surface area is 76.6 Å². The molecule has 1 amide bonds. The van der Waals surface area contributed by atoms with Gasteiger partial charge in [-0.2, -0.15) is 0 Å². The van der Waals surface area contributed by atoms with Gasteiger partial charge in [-0.05, 0) is 12.0 Å². The lowest BCUT2D eigenvalue weighted by molar-refractivity contribution is -0.121. The van der Waals surface area contributed by atoms with Crippen molar-refractivity contribution >= 4 is 5.91 Å². The molecule has 0 radical (unpaired) electrons. The molecule has 0 fully saturated rings. The van der Waals surface area contributed by atoms with E-state index in [0.29, 0.717) is 12.8 Å². The van der Waals surface area contributed by atoms with E-state index in [0.717, 1.165) is 0 Å². The van der Waals surface area contributed by atoms with Gasteiger partial charge in [-0.15, -0.1) is 0 Å². The van der Waals surface area contributed by atoms with E-state index >= 15 is 0 Å². The second-order valence-corrected chi connectivity index (χ2v) is 2.67. The largest absolute Gasteiger partial charge is 0.395 e. The molecule has 74 valence electrons. The maximum absolute atomic E-state index is 11.0. The third-order valence-electron chi connectivity index (χ3n) is 1.47. The predicted octanol–water partition coefficient (Wildman–Crippen LogP) is 0.574. The molecule has 6 nitrogen and oxygen atoms in total. The van der Waals surface area contributed by atoms with E-state index in [1.54, 1.807) is 6.92 Å². The zero-order valence-corrected chi connectivity index (χ0v) is 7.60. The van der Waals surface area contributed by atoms with Crippen LogP contribution in [0.2, 0.25) is 0 Å². The summed E-state index contributed by atoms with van der Waals surface area (Å²) in [5.41, 5.74) is 8.07. The number of amides is 1. The Morgan fingerprint density at radius 3 is 3.00 bits per heavy atom. The molecule has 0 aromatic heterocycles. The molecular formula is C7H14N4O2. The van der Waals surface area contributed by atoms with Crippen LogP contribution in [0, 0.1) is 0 Å². The number of aliphatic hydroxyl groups is 1. The highest BCUT2D eigenvalue weighted by atomic mass is 16.3. The molecule has 1 unspecified atom stereocenters. The molecule has 1 atom stereocenters. The van der Waals surface area contributed by atoms with Crippen molar-refractivity contribution in [1.29, 1.82) is 0 Å². The Hall–Kier alpha value is -1.26. The molecule has 0 rings (SSSR count). The summed E-state index contributed by atoms with van der Waals surface area (Å²) in [6, 6.07) is -0.162. The van der Waals surface area contributed by atoms with Gasteiger partial charge >= 0.3 is 0 Å². The summed E-state index contributed by atoms with van der Waals surface area (Å²) >= 11 is 0. The van der Waals surface area contributed by atoms with E-state index in [4.69, 9.17) is 10.6 Å². The second kappa shape index (κ2) is 7.39. The molecule has 0 saturated heterocycles. The minimum atomic E-state index is -0.162. The van der Waals surface area contributed by atoms with Gasteiger partial charge in [0.1, 0.15) is 0 Å². The smallest absolute Gasteiger partial charge is 0.220 e. The van der Waals surface area contributed by atoms with Gasteiger partial charge in [0.2, 0.25) is 5.91 Å². The lowest BCUT2D eigenvalue weighted by atomic mass is 10.2. The Bertz CT molecular complexity index is 201. The van der Waals surface area contributed by atoms with Gasteiger partial charge in [0.15, 0.2) is 0 Å². The van der Waals surface area contributed by atoms with Crippen LogP contribution >= 0.6 is 0 Å². The van der Waals surface area contributed by atoms with E-state index < -0.39 is 0 Å². The highest BCUT2D eigenvalue weighted by molar-refractivity contribution is 5.75. The number of aliphatic hydroxyl groups excluding tert-OH is 1. The lowest BCUT2D eigenvalue weighted by Gasteiger charge is -2.04. The van der Waals surface area contributed by atoms with Gasteiger partial charge < -0.3 is 10.4 Å². The number of nitrogens with zero attached hydrogens (tertiary/aromatic N) is 3. The van der Waals surface area contributed by atoms with E-state index in [1.165, 1.54) is 0 Å². The van der Waals surface area contributed by atoms with Gasteiger partial charge in [0.25, 0.3) is 0 Å². The standard InChI is InChI=1S/C7H14N4O2/c1-6(10-11-8)2-3-7(13)9-4-5-12/h6,12H,2-5H2,1H3,(H,9,13). The molecule has 0 aliphatic rings. The van der Waals surface area contributed by atoms with E-state index in [-0.39, 0.29) is 25.1 Å². The van der Waals surface area contributed by atoms with Crippen LogP contribution in [0.4, 0.5) is 0 Å². The zero-order valence-electron chi connectivity index (χ0n) is 7.60. The fourth-order valence-corrected chi connectivity index (χ4v) is 0.770. The average molecular weight is 186 g/mol. The first-order valence-corrected chi connectivity index (χ1v) is 4.12. The highest BCUT2D eigenvalue weighted by Gasteiger charge is 2.03. The fourth-order valence-electron chi connectivity index (χ4n) is 0.770. The van der Waals surface area contributed by atoms with Crippen LogP contribution in [0.25, 0.3) is 10.4 Å². The van der Waals surface area contributed by atoms with Crippen molar-refractivity contribution in [3.63, 3.8) is 0 Å². The van der Waals surface area contributed by atoms with Crippen LogP contribution < -0.4 is 5.32 Å². The van der Waals surface area contributed by atoms with Crippen molar-refractivity contribution in [3.8, 4) is 0 Å². The summed E-state index contributed by atoms with van der Waals surface area (Å²) in [5, 5.41) is 14.3. The molecule has 0 aromatic rings. The van der Waals surface area contributed by atoms with Crippen molar-refractivity contribution in [3.05, 3.63) is 10.4 Å². The zero-order chi connectivity index (χ0) is 10.1. The molecule has 0 spiro atoms. The third kappa shape index (κ3) is 7.11. The summed E-state index contributed by atoms with van der Waals surface area (Å²) in [4.78, 5) is 13.6. The SMILES string of the molecule is CC(CCC(=O)NCCO)N=[N+]=[N-]. The fraction of sp³-hybridized carbons (Fsp3) is 0.857. The summed E-state index contributed by atoms with van der Waals surface area (Å²) in [5.74, 6) is -0.131. The van der Waals surface area contributed by atoms with Crippen molar-refractivity contribution in [2.45, 2.75) is 25.8 Å². The highest BCUT2D eigenvalue weighted by Crippen LogP contribution is 2.00. The van der Waals surface area contributed by atoms with Gasteiger partial charge in [-0.25, -0.2) is 0 Å². The first-order chi connectivity index (χ1) is 6.20. The molecule has 0 aromatic carbocycles. The number of nitrogens with one attached hydrogen (secondary N) is 1. The summed E-state index contributed by atoms with van der Waals surface area (Å²) in [6.07, 6.45) is 0.849. The maximum atomic E-state index is 11.0. The van der Waals surface area contributed by atoms with Crippen LogP contribution in [0.15, 0.2) is 5.11 Å². The van der Waals surface area contributed by atoms with Gasteiger partial charge in [0.05, 0.1) is 6.61 Å². The van der Waals surface area contributed by atoms with Crippen LogP contribution in [0.5, 0.6) is 0 Å². The molecular weight excluding hydrogens is 172 g/mol. The van der Waals surface area contributed by atoms with Gasteiger partial charge in [-0.3, -0.25) is 4.79 Å². The minimum Gasteiger partial charge on any atom is -0.395 e. The number of azide groups is 1. The average Bonchev–Trinajstić information content (AvgIpc) is 2.12. The normalized spacial score (nSPS) is 11.5. The predicted molar refractivity (Wildman–Crippen MR) is 47.9 cm³/mol. The third-order valence-corrected chi connectivity index (χ3v) is 1.47. The first-order valence-electron chi connectivity index (χ1n) is 4.12. The van der Waals surface area contributed by atoms with E-state index in [9.17, 15) is 4.79 Å². The molecule has 2 N–H and O–H groups in total. The number of hydrogen-bond donors (Lipinski definition) is 2. The number of carbonyl (C=O) groups is 1. The second-order valence-electron chi connectivity index (χ2n) is 2.67. The van der Waals surface area contributed by atoms with Crippen LogP contribution in [-0.4, -0.2) is 30.2 Å². The van der Waals surface area contributed by atoms with Crippen molar-refractivity contribution in [2.75, 3.05) is 13.2 Å². The molecule has 6 heteroatoms. The number of rotatable bonds is 6. The maximum Gasteiger partial charge on any atom is 0.220 e. The molecule has 0 saturated carbocycles. The van der Waals surface area contributed by atoms with Crippen molar-refractivity contribution in [2.24, 2.45) is 5.11 Å². The minimum absolute atomic E-state index is 0.0579. The van der Waals surface area contributed by atoms with Gasteiger partial charge in [0, 0.05) is 23.9 Å². The van der Waals surface area contributed by atoms with Gasteiger partial charge in [-0.1, -0.05) is 12.0 Å². The quantitative estimate of drug-likeness (QED) is 0.360. The molecule has 0 heterocycles. The summed E-state index contributed by atoms with van der Waals surface area (Å²) < 4.78 is 0. The Kier molecular flexibility index (Phi) is 6.68. The molecule has 0 aliphatic heterocycles. The van der Waals surface area contributed by atoms with Crippen molar-refractivity contribution in [1.82, 2.24) is 5.32 Å². The van der Waals surface area contributed by atoms with Crippen LogP contribution in [-0.2, 0) is 4.79 Å².